The number of anilines is 1. The summed E-state index contributed by atoms with van der Waals surface area (Å²) in [6, 6.07) is 6.00. The second kappa shape index (κ2) is 6.25. The molecular weight excluding hydrogens is 326 g/mol. The summed E-state index contributed by atoms with van der Waals surface area (Å²) < 4.78 is 12.5. The van der Waals surface area contributed by atoms with Crippen LogP contribution in [0.2, 0.25) is 0 Å². The van der Waals surface area contributed by atoms with Gasteiger partial charge in [-0.2, -0.15) is 0 Å². The lowest BCUT2D eigenvalue weighted by atomic mass is 10.1. The van der Waals surface area contributed by atoms with Gasteiger partial charge in [0.1, 0.15) is 0 Å². The number of benzene rings is 1. The van der Waals surface area contributed by atoms with Gasteiger partial charge < -0.3 is 24.5 Å². The van der Waals surface area contributed by atoms with E-state index in [9.17, 15) is 10.1 Å². The minimum absolute atomic E-state index is 0.0771. The van der Waals surface area contributed by atoms with Crippen LogP contribution in [0.15, 0.2) is 24.5 Å². The maximum atomic E-state index is 11.1. The van der Waals surface area contributed by atoms with Crippen molar-refractivity contribution in [1.82, 2.24) is 14.5 Å². The molecule has 0 amide bonds. The molecule has 4 rings (SSSR count). The minimum Gasteiger partial charge on any atom is -0.454 e. The van der Waals surface area contributed by atoms with Crippen LogP contribution in [0.25, 0.3) is 0 Å². The zero-order valence-corrected chi connectivity index (χ0v) is 13.9. The van der Waals surface area contributed by atoms with Crippen molar-refractivity contribution in [1.29, 1.82) is 0 Å². The standard InChI is InChI=1S/C16H19N5O4/c1-18-10-17-15(21(22)23)16(18)20-6-4-19(5-7-20)9-12-2-3-13-14(8-12)25-11-24-13/h2-3,8,10H,4-7,9,11H2,1H3. The molecule has 0 bridgehead atoms. The first kappa shape index (κ1) is 15.7. The number of aryl methyl sites for hydroxylation is 1. The number of fused-ring (bicyclic) bond motifs is 1. The molecule has 0 unspecified atom stereocenters. The van der Waals surface area contributed by atoms with E-state index in [1.807, 2.05) is 23.1 Å². The lowest BCUT2D eigenvalue weighted by molar-refractivity contribution is -0.388. The zero-order chi connectivity index (χ0) is 17.4. The van der Waals surface area contributed by atoms with Gasteiger partial charge in [-0.25, -0.2) is 0 Å². The Bertz CT molecular complexity index is 798. The smallest absolute Gasteiger partial charge is 0.406 e. The molecule has 2 aliphatic heterocycles. The Balaban J connectivity index is 1.40. The van der Waals surface area contributed by atoms with Crippen molar-refractivity contribution in [3.63, 3.8) is 0 Å². The quantitative estimate of drug-likeness (QED) is 0.611. The summed E-state index contributed by atoms with van der Waals surface area (Å²) in [6.45, 7) is 4.21. The van der Waals surface area contributed by atoms with Crippen LogP contribution >= 0.6 is 0 Å². The molecule has 0 aliphatic carbocycles. The van der Waals surface area contributed by atoms with Gasteiger partial charge in [-0.3, -0.25) is 9.47 Å². The molecule has 2 aliphatic rings. The summed E-state index contributed by atoms with van der Waals surface area (Å²) in [5.41, 5.74) is 1.17. The summed E-state index contributed by atoms with van der Waals surface area (Å²) >= 11 is 0. The third-order valence-electron chi connectivity index (χ3n) is 4.58. The second-order valence-corrected chi connectivity index (χ2v) is 6.21. The van der Waals surface area contributed by atoms with E-state index in [1.54, 1.807) is 11.6 Å². The molecule has 0 atom stereocenters. The molecule has 0 spiro atoms. The van der Waals surface area contributed by atoms with Gasteiger partial charge in [0.2, 0.25) is 18.9 Å². The highest BCUT2D eigenvalue weighted by molar-refractivity contribution is 5.55. The van der Waals surface area contributed by atoms with E-state index in [0.717, 1.165) is 44.2 Å². The molecule has 2 aromatic rings. The molecule has 0 N–H and O–H groups in total. The number of rotatable bonds is 4. The van der Waals surface area contributed by atoms with E-state index < -0.39 is 4.92 Å². The Labute approximate surface area is 144 Å². The topological polar surface area (TPSA) is 85.9 Å². The Morgan fingerprint density at radius 2 is 1.96 bits per heavy atom. The summed E-state index contributed by atoms with van der Waals surface area (Å²) in [5.74, 6) is 2.08. The number of imidazole rings is 1. The number of nitro groups is 1. The Morgan fingerprint density at radius 1 is 1.20 bits per heavy atom. The molecule has 132 valence electrons. The molecule has 9 nitrogen and oxygen atoms in total. The SMILES string of the molecule is Cn1cnc([N+](=O)[O-])c1N1CCN(Cc2ccc3c(c2)OCO3)CC1. The molecule has 25 heavy (non-hydrogen) atoms. The highest BCUT2D eigenvalue weighted by atomic mass is 16.7. The van der Waals surface area contributed by atoms with Crippen LogP contribution in [-0.4, -0.2) is 52.3 Å². The van der Waals surface area contributed by atoms with Crippen LogP contribution < -0.4 is 14.4 Å². The zero-order valence-electron chi connectivity index (χ0n) is 13.9. The van der Waals surface area contributed by atoms with Crippen LogP contribution in [0.3, 0.4) is 0 Å². The number of nitrogens with zero attached hydrogens (tertiary/aromatic N) is 5. The van der Waals surface area contributed by atoms with E-state index >= 15 is 0 Å². The summed E-state index contributed by atoms with van der Waals surface area (Å²) in [6.07, 6.45) is 1.49. The van der Waals surface area contributed by atoms with Gasteiger partial charge in [0, 0.05) is 39.8 Å². The normalized spacial score (nSPS) is 17.1. The van der Waals surface area contributed by atoms with Crippen molar-refractivity contribution in [3.8, 4) is 11.5 Å². The third-order valence-corrected chi connectivity index (χ3v) is 4.58. The average Bonchev–Trinajstić information content (AvgIpc) is 3.21. The van der Waals surface area contributed by atoms with Crippen molar-refractivity contribution >= 4 is 11.6 Å². The van der Waals surface area contributed by atoms with Crippen molar-refractivity contribution in [2.75, 3.05) is 37.9 Å². The molecule has 1 fully saturated rings. The van der Waals surface area contributed by atoms with E-state index in [0.29, 0.717) is 5.82 Å². The fourth-order valence-corrected chi connectivity index (χ4v) is 3.32. The van der Waals surface area contributed by atoms with Gasteiger partial charge in [-0.1, -0.05) is 6.07 Å². The summed E-state index contributed by atoms with van der Waals surface area (Å²) in [5, 5.41) is 11.1. The first-order valence-corrected chi connectivity index (χ1v) is 8.13. The monoisotopic (exact) mass is 345 g/mol. The maximum absolute atomic E-state index is 11.1. The second-order valence-electron chi connectivity index (χ2n) is 6.21. The highest BCUT2D eigenvalue weighted by Gasteiger charge is 2.28. The van der Waals surface area contributed by atoms with E-state index in [-0.39, 0.29) is 12.6 Å². The molecule has 1 aromatic heterocycles. The molecule has 1 aromatic carbocycles. The van der Waals surface area contributed by atoms with Crippen molar-refractivity contribution in [3.05, 3.63) is 40.2 Å². The van der Waals surface area contributed by atoms with Gasteiger partial charge in [0.05, 0.1) is 0 Å². The van der Waals surface area contributed by atoms with E-state index in [4.69, 9.17) is 9.47 Å². The fraction of sp³-hybridized carbons (Fsp3) is 0.438. The number of aromatic nitrogens is 2. The number of piperazine rings is 1. The van der Waals surface area contributed by atoms with Gasteiger partial charge in [-0.15, -0.1) is 0 Å². The van der Waals surface area contributed by atoms with Gasteiger partial charge in [-0.05, 0) is 27.6 Å². The van der Waals surface area contributed by atoms with Gasteiger partial charge in [0.15, 0.2) is 11.5 Å². The molecule has 0 radical (unpaired) electrons. The molecule has 1 saturated heterocycles. The number of ether oxygens (including phenoxy) is 2. The minimum atomic E-state index is -0.422. The first-order valence-electron chi connectivity index (χ1n) is 8.13. The molecule has 9 heteroatoms. The van der Waals surface area contributed by atoms with E-state index in [2.05, 4.69) is 9.88 Å². The van der Waals surface area contributed by atoms with Crippen molar-refractivity contribution in [2.24, 2.45) is 7.05 Å². The molecular formula is C16H19N5O4. The van der Waals surface area contributed by atoms with E-state index in [1.165, 1.54) is 11.9 Å². The maximum Gasteiger partial charge on any atom is 0.406 e. The van der Waals surface area contributed by atoms with Crippen LogP contribution in [-0.2, 0) is 13.6 Å². The Kier molecular flexibility index (Phi) is 3.92. The van der Waals surface area contributed by atoms with Crippen molar-refractivity contribution in [2.45, 2.75) is 6.54 Å². The molecule has 3 heterocycles. The number of hydrogen-bond donors (Lipinski definition) is 0. The first-order chi connectivity index (χ1) is 12.1. The third kappa shape index (κ3) is 2.98. The van der Waals surface area contributed by atoms with Crippen LogP contribution in [0, 0.1) is 10.1 Å². The van der Waals surface area contributed by atoms with Crippen molar-refractivity contribution < 1.29 is 14.4 Å². The Hall–Kier alpha value is -2.81. The predicted octanol–water partition coefficient (Wildman–Crippen LogP) is 1.38. The van der Waals surface area contributed by atoms with Crippen LogP contribution in [0.5, 0.6) is 11.5 Å². The lowest BCUT2D eigenvalue weighted by Crippen LogP contribution is -2.46. The predicted molar refractivity (Wildman–Crippen MR) is 89.9 cm³/mol. The fourth-order valence-electron chi connectivity index (χ4n) is 3.32. The van der Waals surface area contributed by atoms with Gasteiger partial charge in [0.25, 0.3) is 0 Å². The summed E-state index contributed by atoms with van der Waals surface area (Å²) in [7, 11) is 1.79. The van der Waals surface area contributed by atoms with Crippen LogP contribution in [0.1, 0.15) is 5.56 Å². The average molecular weight is 345 g/mol. The molecule has 0 saturated carbocycles. The highest BCUT2D eigenvalue weighted by Crippen LogP contribution is 2.33. The largest absolute Gasteiger partial charge is 0.454 e. The summed E-state index contributed by atoms with van der Waals surface area (Å²) in [4.78, 5) is 19.0. The lowest BCUT2D eigenvalue weighted by Gasteiger charge is -2.35. The Morgan fingerprint density at radius 3 is 2.72 bits per heavy atom. The van der Waals surface area contributed by atoms with Gasteiger partial charge >= 0.3 is 5.82 Å². The van der Waals surface area contributed by atoms with Crippen LogP contribution in [0.4, 0.5) is 11.6 Å². The number of hydrogen-bond acceptors (Lipinski definition) is 7.